The molecule has 1 aromatic rings. The number of aryl methyl sites for hydroxylation is 1. The highest BCUT2D eigenvalue weighted by molar-refractivity contribution is 5.96. The lowest BCUT2D eigenvalue weighted by atomic mass is 10.0. The van der Waals surface area contributed by atoms with E-state index in [2.05, 4.69) is 11.0 Å². The third-order valence-corrected chi connectivity index (χ3v) is 4.83. The van der Waals surface area contributed by atoms with Gasteiger partial charge in [-0.3, -0.25) is 14.5 Å². The molecule has 3 rings (SSSR count). The maximum absolute atomic E-state index is 12.7. The van der Waals surface area contributed by atoms with Crippen molar-refractivity contribution in [3.05, 3.63) is 29.8 Å². The first-order valence-corrected chi connectivity index (χ1v) is 8.38. The van der Waals surface area contributed by atoms with Crippen LogP contribution in [0.2, 0.25) is 0 Å². The first-order chi connectivity index (χ1) is 11.1. The van der Waals surface area contributed by atoms with Crippen molar-refractivity contribution >= 4 is 17.5 Å². The van der Waals surface area contributed by atoms with E-state index < -0.39 is 0 Å². The van der Waals surface area contributed by atoms with E-state index in [1.165, 1.54) is 5.56 Å². The second-order valence-electron chi connectivity index (χ2n) is 6.73. The molecule has 1 atom stereocenters. The van der Waals surface area contributed by atoms with E-state index in [4.69, 9.17) is 0 Å². The second-order valence-corrected chi connectivity index (χ2v) is 6.73. The summed E-state index contributed by atoms with van der Waals surface area (Å²) in [5.74, 6) is 0.352. The highest BCUT2D eigenvalue weighted by atomic mass is 16.2. The van der Waals surface area contributed by atoms with Crippen LogP contribution in [0.5, 0.6) is 0 Å². The molecule has 0 aromatic heterocycles. The molecule has 2 aliphatic heterocycles. The van der Waals surface area contributed by atoms with Crippen LogP contribution in [-0.2, 0) is 16.0 Å². The van der Waals surface area contributed by atoms with E-state index >= 15 is 0 Å². The van der Waals surface area contributed by atoms with Gasteiger partial charge in [0.25, 0.3) is 0 Å². The van der Waals surface area contributed by atoms with Gasteiger partial charge in [0, 0.05) is 32.9 Å². The number of fused-ring (bicyclic) bond motifs is 1. The Bertz CT molecular complexity index is 600. The third-order valence-electron chi connectivity index (χ3n) is 4.83. The number of carbonyl (C=O) groups excluding carboxylic acids is 2. The molecule has 1 unspecified atom stereocenters. The zero-order valence-corrected chi connectivity index (χ0v) is 14.0. The number of nitrogens with zero attached hydrogens (tertiary/aromatic N) is 3. The molecule has 0 radical (unpaired) electrons. The summed E-state index contributed by atoms with van der Waals surface area (Å²) in [6.07, 6.45) is 2.91. The number of carbonyl (C=O) groups is 2. The monoisotopic (exact) mass is 315 g/mol. The molecule has 0 N–H and O–H groups in total. The molecule has 0 spiro atoms. The quantitative estimate of drug-likeness (QED) is 0.846. The largest absolute Gasteiger partial charge is 0.349 e. The number of anilines is 1. The van der Waals surface area contributed by atoms with E-state index in [1.54, 1.807) is 19.0 Å². The summed E-state index contributed by atoms with van der Waals surface area (Å²) in [5, 5.41) is 0. The van der Waals surface area contributed by atoms with Gasteiger partial charge < -0.3 is 9.80 Å². The number of amides is 2. The topological polar surface area (TPSA) is 43.9 Å². The van der Waals surface area contributed by atoms with Crippen LogP contribution >= 0.6 is 0 Å². The van der Waals surface area contributed by atoms with Gasteiger partial charge in [0.2, 0.25) is 11.8 Å². The van der Waals surface area contributed by atoms with Gasteiger partial charge in [-0.1, -0.05) is 18.2 Å². The van der Waals surface area contributed by atoms with Crippen LogP contribution in [0.1, 0.15) is 18.4 Å². The van der Waals surface area contributed by atoms with Gasteiger partial charge in [-0.2, -0.15) is 0 Å². The second kappa shape index (κ2) is 6.71. The Labute approximate surface area is 137 Å². The predicted molar refractivity (Wildman–Crippen MR) is 90.4 cm³/mol. The van der Waals surface area contributed by atoms with Crippen LogP contribution in [0.25, 0.3) is 0 Å². The highest BCUT2D eigenvalue weighted by Gasteiger charge is 2.31. The van der Waals surface area contributed by atoms with Crippen LogP contribution in [0.4, 0.5) is 5.69 Å². The fraction of sp³-hybridized carbons (Fsp3) is 0.556. The summed E-state index contributed by atoms with van der Waals surface area (Å²) in [6, 6.07) is 8.17. The maximum Gasteiger partial charge on any atom is 0.241 e. The Morgan fingerprint density at radius 2 is 2.00 bits per heavy atom. The summed E-state index contributed by atoms with van der Waals surface area (Å²) < 4.78 is 0. The van der Waals surface area contributed by atoms with Crippen molar-refractivity contribution in [3.8, 4) is 0 Å². The summed E-state index contributed by atoms with van der Waals surface area (Å²) >= 11 is 0. The normalized spacial score (nSPS) is 21.1. The van der Waals surface area contributed by atoms with Crippen molar-refractivity contribution in [1.29, 1.82) is 0 Å². The van der Waals surface area contributed by atoms with E-state index in [-0.39, 0.29) is 17.7 Å². The molecule has 23 heavy (non-hydrogen) atoms. The first-order valence-electron chi connectivity index (χ1n) is 8.38. The molecular weight excluding hydrogens is 290 g/mol. The number of rotatable bonds is 3. The molecule has 1 aromatic carbocycles. The lowest BCUT2D eigenvalue weighted by Crippen LogP contribution is -2.42. The van der Waals surface area contributed by atoms with Crippen molar-refractivity contribution in [3.63, 3.8) is 0 Å². The molecule has 124 valence electrons. The van der Waals surface area contributed by atoms with E-state index in [0.717, 1.165) is 38.0 Å². The fourth-order valence-corrected chi connectivity index (χ4v) is 3.61. The van der Waals surface area contributed by atoms with Crippen molar-refractivity contribution in [1.82, 2.24) is 9.80 Å². The molecule has 5 nitrogen and oxygen atoms in total. The van der Waals surface area contributed by atoms with Gasteiger partial charge >= 0.3 is 0 Å². The van der Waals surface area contributed by atoms with Crippen molar-refractivity contribution in [2.75, 3.05) is 45.2 Å². The van der Waals surface area contributed by atoms with Gasteiger partial charge in [-0.15, -0.1) is 0 Å². The van der Waals surface area contributed by atoms with Crippen LogP contribution in [-0.4, -0.2) is 61.9 Å². The Morgan fingerprint density at radius 3 is 2.78 bits per heavy atom. The molecule has 1 saturated heterocycles. The number of likely N-dealkylation sites (tertiary alicyclic amines) is 1. The minimum atomic E-state index is 0.0337. The molecule has 2 aliphatic rings. The molecule has 2 amide bonds. The fourth-order valence-electron chi connectivity index (χ4n) is 3.61. The summed E-state index contributed by atoms with van der Waals surface area (Å²) in [5.41, 5.74) is 2.32. The van der Waals surface area contributed by atoms with Gasteiger partial charge in [0.1, 0.15) is 0 Å². The first kappa shape index (κ1) is 16.0. The molecule has 0 saturated carbocycles. The highest BCUT2D eigenvalue weighted by Crippen LogP contribution is 2.27. The zero-order chi connectivity index (χ0) is 16.4. The number of hydrogen-bond acceptors (Lipinski definition) is 3. The number of benzene rings is 1. The molecule has 0 aliphatic carbocycles. The van der Waals surface area contributed by atoms with E-state index in [0.29, 0.717) is 13.1 Å². The van der Waals surface area contributed by atoms with Gasteiger partial charge in [-0.05, 0) is 37.4 Å². The Balaban J connectivity index is 1.62. The third kappa shape index (κ3) is 3.39. The van der Waals surface area contributed by atoms with Gasteiger partial charge in [0.15, 0.2) is 0 Å². The molecule has 5 heteroatoms. The van der Waals surface area contributed by atoms with E-state index in [9.17, 15) is 9.59 Å². The zero-order valence-electron chi connectivity index (χ0n) is 14.0. The maximum atomic E-state index is 12.7. The van der Waals surface area contributed by atoms with Crippen LogP contribution < -0.4 is 4.90 Å². The lowest BCUT2D eigenvalue weighted by molar-refractivity contribution is -0.132. The summed E-state index contributed by atoms with van der Waals surface area (Å²) in [7, 11) is 3.58. The summed E-state index contributed by atoms with van der Waals surface area (Å²) in [4.78, 5) is 30.4. The summed E-state index contributed by atoms with van der Waals surface area (Å²) in [6.45, 7) is 2.72. The predicted octanol–water partition coefficient (Wildman–Crippen LogP) is 1.38. The van der Waals surface area contributed by atoms with Crippen LogP contribution in [0, 0.1) is 5.92 Å². The standard InChI is InChI=1S/C18H25N3O2/c1-19(2)18(23)15-9-11-20(12-15)13-17(22)21-10-5-7-14-6-3-4-8-16(14)21/h3-4,6,8,15H,5,7,9-13H2,1-2H3. The van der Waals surface area contributed by atoms with E-state index in [1.807, 2.05) is 23.1 Å². The molecular formula is C18H25N3O2. The Morgan fingerprint density at radius 1 is 1.22 bits per heavy atom. The molecule has 0 bridgehead atoms. The number of hydrogen-bond donors (Lipinski definition) is 0. The Kier molecular flexibility index (Phi) is 4.66. The number of para-hydroxylation sites is 1. The van der Waals surface area contributed by atoms with Crippen LogP contribution in [0.15, 0.2) is 24.3 Å². The van der Waals surface area contributed by atoms with Crippen molar-refractivity contribution in [2.45, 2.75) is 19.3 Å². The van der Waals surface area contributed by atoms with Gasteiger partial charge in [-0.25, -0.2) is 0 Å². The van der Waals surface area contributed by atoms with Crippen molar-refractivity contribution < 1.29 is 9.59 Å². The minimum absolute atomic E-state index is 0.0337. The van der Waals surface area contributed by atoms with Crippen LogP contribution in [0.3, 0.4) is 0 Å². The lowest BCUT2D eigenvalue weighted by Gasteiger charge is -2.31. The van der Waals surface area contributed by atoms with Crippen molar-refractivity contribution in [2.24, 2.45) is 5.92 Å². The minimum Gasteiger partial charge on any atom is -0.349 e. The molecule has 2 heterocycles. The average Bonchev–Trinajstić information content (AvgIpc) is 3.01. The average molecular weight is 315 g/mol. The molecule has 1 fully saturated rings. The SMILES string of the molecule is CN(C)C(=O)C1CCN(CC(=O)N2CCCc3ccccc32)C1. The smallest absolute Gasteiger partial charge is 0.241 e. The van der Waals surface area contributed by atoms with Gasteiger partial charge in [0.05, 0.1) is 12.5 Å². The Hall–Kier alpha value is -1.88.